The van der Waals surface area contributed by atoms with Gasteiger partial charge in [-0.3, -0.25) is 0 Å². The van der Waals surface area contributed by atoms with E-state index in [1.165, 1.54) is 6.07 Å². The largest absolute Gasteiger partial charge is 0.475 e. The molecule has 0 atom stereocenters. The molecule has 2 aromatic rings. The van der Waals surface area contributed by atoms with Crippen molar-refractivity contribution in [2.75, 3.05) is 5.32 Å². The molecule has 0 aliphatic carbocycles. The third-order valence-corrected chi connectivity index (χ3v) is 2.40. The van der Waals surface area contributed by atoms with Crippen molar-refractivity contribution in [2.45, 2.75) is 0 Å². The van der Waals surface area contributed by atoms with Crippen molar-refractivity contribution in [1.82, 2.24) is 0 Å². The highest BCUT2D eigenvalue weighted by atomic mass is 79.9. The van der Waals surface area contributed by atoms with E-state index in [9.17, 15) is 4.79 Å². The molecule has 0 bridgehead atoms. The predicted molar refractivity (Wildman–Crippen MR) is 63.1 cm³/mol. The molecule has 0 radical (unpaired) electrons. The average Bonchev–Trinajstić information content (AvgIpc) is 2.66. The third kappa shape index (κ3) is 2.43. The second-order valence-electron chi connectivity index (χ2n) is 3.10. The Labute approximate surface area is 100 Å². The number of carboxylic acid groups (broad SMARTS) is 1. The van der Waals surface area contributed by atoms with Crippen LogP contribution in [0.25, 0.3) is 0 Å². The first-order valence-electron chi connectivity index (χ1n) is 4.51. The zero-order valence-electron chi connectivity index (χ0n) is 8.11. The van der Waals surface area contributed by atoms with Crippen LogP contribution in [0.5, 0.6) is 0 Å². The number of furan rings is 1. The first kappa shape index (κ1) is 10.8. The van der Waals surface area contributed by atoms with Gasteiger partial charge >= 0.3 is 5.97 Å². The summed E-state index contributed by atoms with van der Waals surface area (Å²) in [4.78, 5) is 10.6. The Morgan fingerprint density at radius 3 is 2.75 bits per heavy atom. The number of aromatic carboxylic acids is 1. The second kappa shape index (κ2) is 4.40. The normalized spacial score (nSPS) is 10.1. The Hall–Kier alpha value is -1.75. The van der Waals surface area contributed by atoms with Crippen LogP contribution in [0.3, 0.4) is 0 Å². The zero-order valence-corrected chi connectivity index (χ0v) is 9.69. The zero-order chi connectivity index (χ0) is 11.5. The maximum Gasteiger partial charge on any atom is 0.371 e. The van der Waals surface area contributed by atoms with Gasteiger partial charge in [-0.05, 0) is 24.3 Å². The lowest BCUT2D eigenvalue weighted by atomic mass is 10.3. The minimum absolute atomic E-state index is 0.0857. The van der Waals surface area contributed by atoms with E-state index in [0.29, 0.717) is 5.88 Å². The van der Waals surface area contributed by atoms with Crippen LogP contribution in [0.15, 0.2) is 45.3 Å². The van der Waals surface area contributed by atoms with Crippen molar-refractivity contribution in [3.8, 4) is 0 Å². The molecule has 16 heavy (non-hydrogen) atoms. The number of anilines is 2. The first-order chi connectivity index (χ1) is 7.65. The molecule has 0 fully saturated rings. The first-order valence-corrected chi connectivity index (χ1v) is 5.30. The molecule has 1 aromatic carbocycles. The molecule has 0 aliphatic heterocycles. The fourth-order valence-electron chi connectivity index (χ4n) is 1.23. The van der Waals surface area contributed by atoms with E-state index in [2.05, 4.69) is 21.2 Å². The minimum Gasteiger partial charge on any atom is -0.475 e. The Morgan fingerprint density at radius 1 is 1.31 bits per heavy atom. The van der Waals surface area contributed by atoms with Crippen molar-refractivity contribution in [3.05, 3.63) is 46.6 Å². The van der Waals surface area contributed by atoms with Crippen molar-refractivity contribution < 1.29 is 14.3 Å². The van der Waals surface area contributed by atoms with Gasteiger partial charge in [-0.25, -0.2) is 4.79 Å². The number of benzene rings is 1. The van der Waals surface area contributed by atoms with E-state index in [1.807, 2.05) is 24.3 Å². The number of hydrogen-bond donors (Lipinski definition) is 2. The van der Waals surface area contributed by atoms with Crippen molar-refractivity contribution in [2.24, 2.45) is 0 Å². The lowest BCUT2D eigenvalue weighted by molar-refractivity contribution is 0.0663. The molecule has 2 rings (SSSR count). The lowest BCUT2D eigenvalue weighted by Crippen LogP contribution is -1.92. The summed E-state index contributed by atoms with van der Waals surface area (Å²) < 4.78 is 6.00. The van der Waals surface area contributed by atoms with Crippen molar-refractivity contribution in [1.29, 1.82) is 0 Å². The van der Waals surface area contributed by atoms with Crippen LogP contribution in [-0.4, -0.2) is 11.1 Å². The molecule has 5 heteroatoms. The molecule has 4 nitrogen and oxygen atoms in total. The summed E-state index contributed by atoms with van der Waals surface area (Å²) >= 11 is 3.34. The van der Waals surface area contributed by atoms with E-state index >= 15 is 0 Å². The summed E-state index contributed by atoms with van der Waals surface area (Å²) in [5, 5.41) is 11.6. The van der Waals surface area contributed by atoms with Crippen LogP contribution in [-0.2, 0) is 0 Å². The van der Waals surface area contributed by atoms with Gasteiger partial charge in [0.25, 0.3) is 0 Å². The molecule has 0 spiro atoms. The molecule has 0 unspecified atom stereocenters. The number of carboxylic acids is 1. The molecule has 0 saturated carbocycles. The highest BCUT2D eigenvalue weighted by Gasteiger charge is 2.08. The van der Waals surface area contributed by atoms with Crippen LogP contribution in [0.2, 0.25) is 0 Å². The van der Waals surface area contributed by atoms with Gasteiger partial charge in [0.2, 0.25) is 5.76 Å². The Bertz CT molecular complexity index is 521. The van der Waals surface area contributed by atoms with Gasteiger partial charge in [-0.1, -0.05) is 22.0 Å². The quantitative estimate of drug-likeness (QED) is 0.904. The highest BCUT2D eigenvalue weighted by molar-refractivity contribution is 9.10. The Balaban J connectivity index is 2.17. The summed E-state index contributed by atoms with van der Waals surface area (Å²) in [7, 11) is 0. The standard InChI is InChI=1S/C11H8BrNO3/c12-7-2-1-3-8(6-7)13-10-5-4-9(16-10)11(14)15/h1-6,13H,(H,14,15). The van der Waals surface area contributed by atoms with E-state index < -0.39 is 5.97 Å². The number of rotatable bonds is 3. The molecule has 82 valence electrons. The Morgan fingerprint density at radius 2 is 2.12 bits per heavy atom. The molecule has 2 N–H and O–H groups in total. The van der Waals surface area contributed by atoms with Gasteiger partial charge in [0.15, 0.2) is 5.88 Å². The van der Waals surface area contributed by atoms with Crippen LogP contribution < -0.4 is 5.32 Å². The fourth-order valence-corrected chi connectivity index (χ4v) is 1.63. The van der Waals surface area contributed by atoms with Crippen LogP contribution in [0.4, 0.5) is 11.6 Å². The highest BCUT2D eigenvalue weighted by Crippen LogP contribution is 2.22. The average molecular weight is 282 g/mol. The summed E-state index contributed by atoms with van der Waals surface area (Å²) in [6, 6.07) is 10.5. The number of carbonyl (C=O) groups is 1. The smallest absolute Gasteiger partial charge is 0.371 e. The number of hydrogen-bond acceptors (Lipinski definition) is 3. The van der Waals surface area contributed by atoms with E-state index in [4.69, 9.17) is 9.52 Å². The molecule has 0 amide bonds. The maximum atomic E-state index is 10.6. The van der Waals surface area contributed by atoms with Crippen molar-refractivity contribution >= 4 is 33.5 Å². The SMILES string of the molecule is O=C(O)c1ccc(Nc2cccc(Br)c2)o1. The third-order valence-electron chi connectivity index (χ3n) is 1.91. The lowest BCUT2D eigenvalue weighted by Gasteiger charge is -2.02. The summed E-state index contributed by atoms with van der Waals surface area (Å²) in [6.07, 6.45) is 0. The van der Waals surface area contributed by atoms with E-state index in [0.717, 1.165) is 10.2 Å². The minimum atomic E-state index is -1.08. The topological polar surface area (TPSA) is 62.5 Å². The molecule has 1 aromatic heterocycles. The molecule has 0 aliphatic rings. The molecule has 0 saturated heterocycles. The van der Waals surface area contributed by atoms with Crippen LogP contribution in [0, 0.1) is 0 Å². The summed E-state index contributed by atoms with van der Waals surface area (Å²) in [5.74, 6) is -0.768. The monoisotopic (exact) mass is 281 g/mol. The Kier molecular flexibility index (Phi) is 2.96. The van der Waals surface area contributed by atoms with Crippen LogP contribution >= 0.6 is 15.9 Å². The van der Waals surface area contributed by atoms with Gasteiger partial charge in [-0.15, -0.1) is 0 Å². The van der Waals surface area contributed by atoms with E-state index in [-0.39, 0.29) is 5.76 Å². The predicted octanol–water partition coefficient (Wildman–Crippen LogP) is 3.48. The van der Waals surface area contributed by atoms with Crippen LogP contribution in [0.1, 0.15) is 10.6 Å². The molecular weight excluding hydrogens is 274 g/mol. The van der Waals surface area contributed by atoms with Gasteiger partial charge in [0, 0.05) is 16.2 Å². The molecular formula is C11H8BrNO3. The van der Waals surface area contributed by atoms with Gasteiger partial charge in [-0.2, -0.15) is 0 Å². The van der Waals surface area contributed by atoms with Crippen molar-refractivity contribution in [3.63, 3.8) is 0 Å². The van der Waals surface area contributed by atoms with Gasteiger partial charge < -0.3 is 14.8 Å². The maximum absolute atomic E-state index is 10.6. The van der Waals surface area contributed by atoms with Gasteiger partial charge in [0.1, 0.15) is 0 Å². The van der Waals surface area contributed by atoms with Gasteiger partial charge in [0.05, 0.1) is 0 Å². The summed E-state index contributed by atoms with van der Waals surface area (Å²) in [5.41, 5.74) is 0.820. The molecule has 1 heterocycles. The summed E-state index contributed by atoms with van der Waals surface area (Å²) in [6.45, 7) is 0. The fraction of sp³-hybridized carbons (Fsp3) is 0. The number of nitrogens with one attached hydrogen (secondary N) is 1. The number of halogens is 1. The second-order valence-corrected chi connectivity index (χ2v) is 4.02. The van der Waals surface area contributed by atoms with E-state index in [1.54, 1.807) is 6.07 Å².